The van der Waals surface area contributed by atoms with E-state index in [1.54, 1.807) is 24.0 Å². The number of likely N-dealkylation sites (tertiary alicyclic amines) is 1. The second-order valence-electron chi connectivity index (χ2n) is 5.68. The van der Waals surface area contributed by atoms with Crippen molar-refractivity contribution < 1.29 is 23.4 Å². The normalized spacial score (nSPS) is 20.0. The summed E-state index contributed by atoms with van der Waals surface area (Å²) in [5, 5.41) is 9.66. The molecular formula is C16H21F2NO3. The molecule has 2 atom stereocenters. The molecule has 0 aliphatic carbocycles. The summed E-state index contributed by atoms with van der Waals surface area (Å²) in [6.07, 6.45) is 1.63. The molecule has 1 aromatic carbocycles. The smallest absolute Gasteiger partial charge is 0.387 e. The average molecular weight is 313 g/mol. The lowest BCUT2D eigenvalue weighted by Gasteiger charge is -2.34. The number of alkyl halides is 2. The highest BCUT2D eigenvalue weighted by Gasteiger charge is 2.26. The monoisotopic (exact) mass is 313 g/mol. The molecule has 1 heterocycles. The fraction of sp³-hybridized carbons (Fsp3) is 0.562. The zero-order chi connectivity index (χ0) is 16.1. The van der Waals surface area contributed by atoms with Gasteiger partial charge in [0.1, 0.15) is 5.75 Å². The predicted octanol–water partition coefficient (Wildman–Crippen LogP) is 2.45. The molecule has 2 rings (SSSR count). The average Bonchev–Trinajstić information content (AvgIpc) is 2.49. The van der Waals surface area contributed by atoms with Crippen LogP contribution in [0.15, 0.2) is 24.3 Å². The zero-order valence-electron chi connectivity index (χ0n) is 12.5. The van der Waals surface area contributed by atoms with Crippen molar-refractivity contribution in [3.8, 4) is 5.75 Å². The van der Waals surface area contributed by atoms with Crippen LogP contribution in [0.4, 0.5) is 8.78 Å². The van der Waals surface area contributed by atoms with Crippen molar-refractivity contribution >= 4 is 5.91 Å². The molecule has 0 bridgehead atoms. The van der Waals surface area contributed by atoms with Crippen LogP contribution in [0.25, 0.3) is 0 Å². The number of hydrogen-bond acceptors (Lipinski definition) is 3. The van der Waals surface area contributed by atoms with Gasteiger partial charge in [-0.15, -0.1) is 0 Å². The lowest BCUT2D eigenvalue weighted by molar-refractivity contribution is -0.133. The van der Waals surface area contributed by atoms with Crippen LogP contribution in [-0.4, -0.2) is 41.7 Å². The van der Waals surface area contributed by atoms with Crippen LogP contribution >= 0.6 is 0 Å². The number of aliphatic hydroxyl groups excluding tert-OH is 1. The van der Waals surface area contributed by atoms with Gasteiger partial charge in [-0.25, -0.2) is 0 Å². The molecule has 122 valence electrons. The van der Waals surface area contributed by atoms with Crippen LogP contribution in [0.1, 0.15) is 25.3 Å². The molecule has 1 N–H and O–H groups in total. The molecule has 2 unspecified atom stereocenters. The van der Waals surface area contributed by atoms with Crippen LogP contribution in [0, 0.1) is 5.92 Å². The topological polar surface area (TPSA) is 49.8 Å². The number of hydrogen-bond donors (Lipinski definition) is 1. The van der Waals surface area contributed by atoms with Crippen LogP contribution in [0.5, 0.6) is 5.75 Å². The number of piperidine rings is 1. The van der Waals surface area contributed by atoms with E-state index in [9.17, 15) is 18.7 Å². The second kappa shape index (κ2) is 7.54. The van der Waals surface area contributed by atoms with E-state index < -0.39 is 12.7 Å². The van der Waals surface area contributed by atoms with Gasteiger partial charge in [-0.1, -0.05) is 12.1 Å². The van der Waals surface area contributed by atoms with Crippen LogP contribution in [0.2, 0.25) is 0 Å². The Labute approximate surface area is 128 Å². The van der Waals surface area contributed by atoms with Gasteiger partial charge in [0.25, 0.3) is 0 Å². The summed E-state index contributed by atoms with van der Waals surface area (Å²) in [5.41, 5.74) is 0.755. The van der Waals surface area contributed by atoms with Crippen molar-refractivity contribution in [2.75, 3.05) is 13.1 Å². The molecule has 0 aromatic heterocycles. The minimum Gasteiger partial charge on any atom is -0.435 e. The molecule has 1 amide bonds. The Kier molecular flexibility index (Phi) is 5.71. The molecule has 1 aliphatic rings. The minimum atomic E-state index is -2.85. The van der Waals surface area contributed by atoms with Gasteiger partial charge in [-0.05, 0) is 37.5 Å². The Morgan fingerprint density at radius 2 is 2.09 bits per heavy atom. The standard InChI is InChI=1S/C16H21F2NO3/c1-11(20)13-3-2-8-19(10-13)15(21)9-12-4-6-14(7-5-12)22-16(17)18/h4-7,11,13,16,20H,2-3,8-10H2,1H3. The summed E-state index contributed by atoms with van der Waals surface area (Å²) >= 11 is 0. The van der Waals surface area contributed by atoms with E-state index >= 15 is 0 Å². The second-order valence-corrected chi connectivity index (χ2v) is 5.68. The summed E-state index contributed by atoms with van der Waals surface area (Å²) < 4.78 is 28.4. The van der Waals surface area contributed by atoms with E-state index in [-0.39, 0.29) is 24.0 Å². The molecule has 1 aliphatic heterocycles. The Balaban J connectivity index is 1.91. The van der Waals surface area contributed by atoms with Gasteiger partial charge in [0.2, 0.25) is 5.91 Å². The first-order chi connectivity index (χ1) is 10.5. The zero-order valence-corrected chi connectivity index (χ0v) is 12.5. The van der Waals surface area contributed by atoms with Crippen molar-refractivity contribution in [1.29, 1.82) is 0 Å². The van der Waals surface area contributed by atoms with Gasteiger partial charge in [0.15, 0.2) is 0 Å². The third-order valence-electron chi connectivity index (χ3n) is 4.00. The van der Waals surface area contributed by atoms with Gasteiger partial charge in [-0.2, -0.15) is 8.78 Å². The van der Waals surface area contributed by atoms with Gasteiger partial charge < -0.3 is 14.7 Å². The number of halogens is 2. The van der Waals surface area contributed by atoms with Crippen LogP contribution in [-0.2, 0) is 11.2 Å². The fourth-order valence-corrected chi connectivity index (χ4v) is 2.71. The van der Waals surface area contributed by atoms with Gasteiger partial charge in [0.05, 0.1) is 12.5 Å². The number of ether oxygens (including phenoxy) is 1. The SMILES string of the molecule is CC(O)C1CCCN(C(=O)Cc2ccc(OC(F)F)cc2)C1. The first kappa shape index (κ1) is 16.7. The lowest BCUT2D eigenvalue weighted by atomic mass is 9.93. The Morgan fingerprint density at radius 1 is 1.41 bits per heavy atom. The molecule has 1 saturated heterocycles. The first-order valence-corrected chi connectivity index (χ1v) is 7.45. The molecule has 0 saturated carbocycles. The number of amides is 1. The van der Waals surface area contributed by atoms with Crippen molar-refractivity contribution in [3.05, 3.63) is 29.8 Å². The Bertz CT molecular complexity index is 491. The molecule has 0 radical (unpaired) electrons. The maximum Gasteiger partial charge on any atom is 0.387 e. The number of carbonyl (C=O) groups excluding carboxylic acids is 1. The van der Waals surface area contributed by atoms with Crippen molar-refractivity contribution in [1.82, 2.24) is 4.90 Å². The summed E-state index contributed by atoms with van der Waals surface area (Å²) in [6, 6.07) is 6.10. The number of aliphatic hydroxyl groups is 1. The third-order valence-corrected chi connectivity index (χ3v) is 4.00. The molecule has 4 nitrogen and oxygen atoms in total. The highest BCUT2D eigenvalue weighted by Crippen LogP contribution is 2.21. The highest BCUT2D eigenvalue weighted by molar-refractivity contribution is 5.78. The van der Waals surface area contributed by atoms with E-state index in [1.807, 2.05) is 0 Å². The molecule has 0 spiro atoms. The Hall–Kier alpha value is -1.69. The van der Waals surface area contributed by atoms with Crippen LogP contribution < -0.4 is 4.74 Å². The van der Waals surface area contributed by atoms with Gasteiger partial charge >= 0.3 is 6.61 Å². The maximum atomic E-state index is 12.3. The minimum absolute atomic E-state index is 0.00659. The fourth-order valence-electron chi connectivity index (χ4n) is 2.71. The molecule has 1 fully saturated rings. The predicted molar refractivity (Wildman–Crippen MR) is 77.8 cm³/mol. The first-order valence-electron chi connectivity index (χ1n) is 7.45. The summed E-state index contributed by atoms with van der Waals surface area (Å²) in [5.74, 6) is 0.200. The highest BCUT2D eigenvalue weighted by atomic mass is 19.3. The lowest BCUT2D eigenvalue weighted by Crippen LogP contribution is -2.43. The van der Waals surface area contributed by atoms with E-state index in [0.717, 1.165) is 18.4 Å². The van der Waals surface area contributed by atoms with Crippen LogP contribution in [0.3, 0.4) is 0 Å². The molecule has 6 heteroatoms. The Morgan fingerprint density at radius 3 is 2.68 bits per heavy atom. The van der Waals surface area contributed by atoms with Gasteiger partial charge in [-0.3, -0.25) is 4.79 Å². The van der Waals surface area contributed by atoms with E-state index in [1.165, 1.54) is 12.1 Å². The number of rotatable bonds is 5. The van der Waals surface area contributed by atoms with Crippen molar-refractivity contribution in [3.63, 3.8) is 0 Å². The van der Waals surface area contributed by atoms with E-state index in [2.05, 4.69) is 4.74 Å². The molecular weight excluding hydrogens is 292 g/mol. The van der Waals surface area contributed by atoms with E-state index in [0.29, 0.717) is 13.1 Å². The number of carbonyl (C=O) groups is 1. The summed E-state index contributed by atoms with van der Waals surface area (Å²) in [6.45, 7) is 0.177. The summed E-state index contributed by atoms with van der Waals surface area (Å²) in [4.78, 5) is 14.1. The third kappa shape index (κ3) is 4.66. The van der Waals surface area contributed by atoms with Crippen molar-refractivity contribution in [2.45, 2.75) is 38.9 Å². The molecule has 1 aromatic rings. The molecule has 22 heavy (non-hydrogen) atoms. The maximum absolute atomic E-state index is 12.3. The van der Waals surface area contributed by atoms with E-state index in [4.69, 9.17) is 0 Å². The number of nitrogens with zero attached hydrogens (tertiary/aromatic N) is 1. The summed E-state index contributed by atoms with van der Waals surface area (Å²) in [7, 11) is 0. The quantitative estimate of drug-likeness (QED) is 0.908. The largest absolute Gasteiger partial charge is 0.435 e. The van der Waals surface area contributed by atoms with Gasteiger partial charge in [0, 0.05) is 19.0 Å². The van der Waals surface area contributed by atoms with Crippen molar-refractivity contribution in [2.24, 2.45) is 5.92 Å². The number of benzene rings is 1.